The Kier molecular flexibility index (Phi) is 3.34. The summed E-state index contributed by atoms with van der Waals surface area (Å²) in [5.74, 6) is 0. The highest BCUT2D eigenvalue weighted by Crippen LogP contribution is 2.25. The van der Waals surface area contributed by atoms with Crippen molar-refractivity contribution in [2.75, 3.05) is 11.9 Å². The molecule has 3 nitrogen and oxygen atoms in total. The summed E-state index contributed by atoms with van der Waals surface area (Å²) in [4.78, 5) is 1.54. The second kappa shape index (κ2) is 4.50. The normalized spacial score (nSPS) is 9.21. The lowest BCUT2D eigenvalue weighted by Crippen LogP contribution is -2.28. The van der Waals surface area contributed by atoms with Crippen molar-refractivity contribution in [3.8, 4) is 12.1 Å². The molecule has 0 aliphatic heterocycles. The lowest BCUT2D eigenvalue weighted by atomic mass is 10.2. The zero-order chi connectivity index (χ0) is 10.6. The van der Waals surface area contributed by atoms with E-state index in [1.807, 2.05) is 18.2 Å². The van der Waals surface area contributed by atoms with Gasteiger partial charge in [-0.25, -0.2) is 0 Å². The Bertz CT molecular complexity index is 389. The Labute approximate surface area is 87.7 Å². The standard InChI is InChI=1S/C10H8ClN3/c1-14(8(6-12)7-13)10-5-3-2-4-9(10)11/h2-5,8H,1H3. The van der Waals surface area contributed by atoms with Crippen LogP contribution in [0.4, 0.5) is 5.69 Å². The molecule has 0 saturated heterocycles. The van der Waals surface area contributed by atoms with Crippen molar-refractivity contribution in [3.05, 3.63) is 29.3 Å². The third kappa shape index (κ3) is 1.96. The predicted molar refractivity (Wildman–Crippen MR) is 54.9 cm³/mol. The summed E-state index contributed by atoms with van der Waals surface area (Å²) in [6.45, 7) is 0. The van der Waals surface area contributed by atoms with Crippen LogP contribution in [0.15, 0.2) is 24.3 Å². The van der Waals surface area contributed by atoms with Gasteiger partial charge in [-0.05, 0) is 12.1 Å². The molecule has 4 heteroatoms. The number of hydrogen-bond acceptors (Lipinski definition) is 3. The van der Waals surface area contributed by atoms with Crippen molar-refractivity contribution in [2.24, 2.45) is 0 Å². The maximum absolute atomic E-state index is 8.69. The summed E-state index contributed by atoms with van der Waals surface area (Å²) in [5, 5.41) is 17.9. The molecule has 0 heterocycles. The Morgan fingerprint density at radius 1 is 1.29 bits per heavy atom. The number of para-hydroxylation sites is 1. The topological polar surface area (TPSA) is 50.8 Å². The van der Waals surface area contributed by atoms with E-state index < -0.39 is 6.04 Å². The smallest absolute Gasteiger partial charge is 0.204 e. The molecule has 1 aromatic carbocycles. The first-order chi connectivity index (χ1) is 6.70. The Hall–Kier alpha value is -1.71. The van der Waals surface area contributed by atoms with E-state index in [0.29, 0.717) is 10.7 Å². The van der Waals surface area contributed by atoms with Crippen LogP contribution in [0.25, 0.3) is 0 Å². The van der Waals surface area contributed by atoms with Crippen LogP contribution in [0.2, 0.25) is 5.02 Å². The average molecular weight is 206 g/mol. The van der Waals surface area contributed by atoms with E-state index in [2.05, 4.69) is 0 Å². The molecule has 1 aromatic rings. The second-order valence-electron chi connectivity index (χ2n) is 2.72. The monoisotopic (exact) mass is 205 g/mol. The zero-order valence-corrected chi connectivity index (χ0v) is 8.36. The fourth-order valence-electron chi connectivity index (χ4n) is 1.08. The molecule has 0 unspecified atom stereocenters. The van der Waals surface area contributed by atoms with Gasteiger partial charge in [0.1, 0.15) is 12.1 Å². The van der Waals surface area contributed by atoms with Gasteiger partial charge in [-0.3, -0.25) is 0 Å². The van der Waals surface area contributed by atoms with Gasteiger partial charge in [-0.2, -0.15) is 10.5 Å². The molecule has 0 aliphatic carbocycles. The van der Waals surface area contributed by atoms with Gasteiger partial charge in [-0.15, -0.1) is 0 Å². The summed E-state index contributed by atoms with van der Waals surface area (Å²) in [6, 6.07) is 10.1. The Morgan fingerprint density at radius 3 is 2.36 bits per heavy atom. The van der Waals surface area contributed by atoms with E-state index in [4.69, 9.17) is 22.1 Å². The lowest BCUT2D eigenvalue weighted by Gasteiger charge is -2.20. The van der Waals surface area contributed by atoms with Gasteiger partial charge in [0.25, 0.3) is 0 Å². The molecule has 0 N–H and O–H groups in total. The summed E-state index contributed by atoms with van der Waals surface area (Å²) >= 11 is 5.92. The van der Waals surface area contributed by atoms with Crippen LogP contribution < -0.4 is 4.90 Å². The van der Waals surface area contributed by atoms with Crippen LogP contribution in [-0.4, -0.2) is 13.1 Å². The molecule has 0 aliphatic rings. The third-order valence-electron chi connectivity index (χ3n) is 1.86. The van der Waals surface area contributed by atoms with Crippen LogP contribution in [-0.2, 0) is 0 Å². The molecule has 0 aromatic heterocycles. The molecule has 0 bridgehead atoms. The molecule has 0 radical (unpaired) electrons. The van der Waals surface area contributed by atoms with Gasteiger partial charge in [0.2, 0.25) is 6.04 Å². The molecule has 1 rings (SSSR count). The van der Waals surface area contributed by atoms with Crippen LogP contribution >= 0.6 is 11.6 Å². The van der Waals surface area contributed by atoms with Gasteiger partial charge in [0, 0.05) is 7.05 Å². The van der Waals surface area contributed by atoms with Crippen LogP contribution in [0.5, 0.6) is 0 Å². The number of rotatable bonds is 2. The van der Waals surface area contributed by atoms with Crippen molar-refractivity contribution in [1.29, 1.82) is 10.5 Å². The van der Waals surface area contributed by atoms with Gasteiger partial charge < -0.3 is 4.90 Å². The number of nitrogens with zero attached hydrogens (tertiary/aromatic N) is 3. The largest absolute Gasteiger partial charge is 0.346 e. The van der Waals surface area contributed by atoms with E-state index in [9.17, 15) is 0 Å². The molecule has 0 saturated carbocycles. The number of benzene rings is 1. The highest BCUT2D eigenvalue weighted by atomic mass is 35.5. The Morgan fingerprint density at radius 2 is 1.86 bits per heavy atom. The quantitative estimate of drug-likeness (QED) is 0.744. The van der Waals surface area contributed by atoms with E-state index in [1.54, 1.807) is 30.1 Å². The number of anilines is 1. The minimum atomic E-state index is -0.810. The first kappa shape index (κ1) is 10.4. The van der Waals surface area contributed by atoms with E-state index in [0.717, 1.165) is 0 Å². The van der Waals surface area contributed by atoms with Crippen LogP contribution in [0.1, 0.15) is 0 Å². The highest BCUT2D eigenvalue weighted by Gasteiger charge is 2.14. The Balaban J connectivity index is 3.02. The summed E-state index contributed by atoms with van der Waals surface area (Å²) < 4.78 is 0. The lowest BCUT2D eigenvalue weighted by molar-refractivity contribution is 0.915. The van der Waals surface area contributed by atoms with Crippen molar-refractivity contribution in [3.63, 3.8) is 0 Å². The molecule has 0 amide bonds. The predicted octanol–water partition coefficient (Wildman–Crippen LogP) is 2.19. The van der Waals surface area contributed by atoms with Gasteiger partial charge in [-0.1, -0.05) is 23.7 Å². The summed E-state index contributed by atoms with van der Waals surface area (Å²) in [5.41, 5.74) is 0.683. The fourth-order valence-corrected chi connectivity index (χ4v) is 1.35. The minimum Gasteiger partial charge on any atom is -0.346 e. The molecule has 70 valence electrons. The number of halogens is 1. The summed E-state index contributed by atoms with van der Waals surface area (Å²) in [7, 11) is 1.66. The number of hydrogen-bond donors (Lipinski definition) is 0. The molecule has 14 heavy (non-hydrogen) atoms. The van der Waals surface area contributed by atoms with Crippen molar-refractivity contribution in [2.45, 2.75) is 6.04 Å². The first-order valence-corrected chi connectivity index (χ1v) is 4.35. The van der Waals surface area contributed by atoms with Crippen molar-refractivity contribution >= 4 is 17.3 Å². The van der Waals surface area contributed by atoms with E-state index in [-0.39, 0.29) is 0 Å². The van der Waals surface area contributed by atoms with Crippen LogP contribution in [0, 0.1) is 22.7 Å². The van der Waals surface area contributed by atoms with Gasteiger partial charge in [0.05, 0.1) is 10.7 Å². The summed E-state index contributed by atoms with van der Waals surface area (Å²) in [6.07, 6.45) is 0. The fraction of sp³-hybridized carbons (Fsp3) is 0.200. The minimum absolute atomic E-state index is 0.533. The molecule has 0 atom stereocenters. The maximum Gasteiger partial charge on any atom is 0.204 e. The van der Waals surface area contributed by atoms with Crippen molar-refractivity contribution < 1.29 is 0 Å². The number of nitriles is 2. The third-order valence-corrected chi connectivity index (χ3v) is 2.18. The molecular weight excluding hydrogens is 198 g/mol. The van der Waals surface area contributed by atoms with Gasteiger partial charge in [0.15, 0.2) is 0 Å². The maximum atomic E-state index is 8.69. The average Bonchev–Trinajstić information content (AvgIpc) is 2.20. The van der Waals surface area contributed by atoms with Gasteiger partial charge >= 0.3 is 0 Å². The second-order valence-corrected chi connectivity index (χ2v) is 3.13. The van der Waals surface area contributed by atoms with Crippen LogP contribution in [0.3, 0.4) is 0 Å². The van der Waals surface area contributed by atoms with Crippen molar-refractivity contribution in [1.82, 2.24) is 0 Å². The zero-order valence-electron chi connectivity index (χ0n) is 7.61. The molecule has 0 fully saturated rings. The highest BCUT2D eigenvalue weighted by molar-refractivity contribution is 6.33. The molecule has 0 spiro atoms. The van der Waals surface area contributed by atoms with E-state index >= 15 is 0 Å². The van der Waals surface area contributed by atoms with E-state index in [1.165, 1.54) is 0 Å². The molecular formula is C10H8ClN3. The SMILES string of the molecule is CN(c1ccccc1Cl)C(C#N)C#N. The first-order valence-electron chi connectivity index (χ1n) is 3.97.